The number of nitrogens with zero attached hydrogens (tertiary/aromatic N) is 1. The maximum absolute atomic E-state index is 11.4. The molecule has 4 nitrogen and oxygen atoms in total. The lowest BCUT2D eigenvalue weighted by atomic mass is 10.0. The van der Waals surface area contributed by atoms with Gasteiger partial charge in [0.25, 0.3) is 0 Å². The number of likely N-dealkylation sites (N-methyl/N-ethyl adjacent to an activating group) is 1. The van der Waals surface area contributed by atoms with Gasteiger partial charge in [-0.05, 0) is 12.3 Å². The second kappa shape index (κ2) is 8.13. The molecule has 0 spiro atoms. The van der Waals surface area contributed by atoms with Crippen LogP contribution in [-0.4, -0.2) is 35.5 Å². The van der Waals surface area contributed by atoms with Gasteiger partial charge in [-0.3, -0.25) is 9.59 Å². The molecule has 0 saturated carbocycles. The average molecular weight is 229 g/mol. The number of amides is 1. The van der Waals surface area contributed by atoms with E-state index in [2.05, 4.69) is 13.8 Å². The Labute approximate surface area is 97.6 Å². The molecule has 0 aromatic carbocycles. The van der Waals surface area contributed by atoms with Crippen LogP contribution in [0.2, 0.25) is 0 Å². The van der Waals surface area contributed by atoms with Crippen molar-refractivity contribution >= 4 is 11.9 Å². The van der Waals surface area contributed by atoms with Crippen LogP contribution in [0.1, 0.15) is 46.0 Å². The number of hydrogen-bond acceptors (Lipinski definition) is 2. The van der Waals surface area contributed by atoms with Gasteiger partial charge in [-0.2, -0.15) is 0 Å². The predicted molar refractivity (Wildman–Crippen MR) is 63.2 cm³/mol. The Kier molecular flexibility index (Phi) is 7.60. The minimum atomic E-state index is -0.962. The fourth-order valence-electron chi connectivity index (χ4n) is 1.49. The number of hydrogen-bond donors (Lipinski definition) is 1. The Morgan fingerprint density at radius 3 is 2.31 bits per heavy atom. The highest BCUT2D eigenvalue weighted by molar-refractivity contribution is 5.80. The van der Waals surface area contributed by atoms with E-state index in [0.717, 1.165) is 19.3 Å². The van der Waals surface area contributed by atoms with E-state index in [1.54, 1.807) is 0 Å². The number of carbonyl (C=O) groups is 2. The zero-order valence-electron chi connectivity index (χ0n) is 10.5. The second-order valence-corrected chi connectivity index (χ2v) is 4.64. The summed E-state index contributed by atoms with van der Waals surface area (Å²) in [4.78, 5) is 23.1. The number of aliphatic carboxylic acids is 1. The first-order chi connectivity index (χ1) is 7.43. The SMILES string of the molecule is CC(C)CCCCCC(=O)N(C)CC(=O)O. The summed E-state index contributed by atoms with van der Waals surface area (Å²) in [5.74, 6) is -0.326. The Bertz CT molecular complexity index is 226. The number of unbranched alkanes of at least 4 members (excludes halogenated alkanes) is 2. The maximum Gasteiger partial charge on any atom is 0.323 e. The first-order valence-corrected chi connectivity index (χ1v) is 5.89. The van der Waals surface area contributed by atoms with Gasteiger partial charge in [-0.15, -0.1) is 0 Å². The summed E-state index contributed by atoms with van der Waals surface area (Å²) >= 11 is 0. The molecule has 4 heteroatoms. The molecule has 0 saturated heterocycles. The largest absolute Gasteiger partial charge is 0.480 e. The van der Waals surface area contributed by atoms with Crippen LogP contribution < -0.4 is 0 Å². The van der Waals surface area contributed by atoms with E-state index in [1.807, 2.05) is 0 Å². The molecule has 0 unspecified atom stereocenters. The van der Waals surface area contributed by atoms with Gasteiger partial charge < -0.3 is 10.0 Å². The normalized spacial score (nSPS) is 10.5. The van der Waals surface area contributed by atoms with E-state index in [0.29, 0.717) is 12.3 Å². The molecule has 0 aromatic rings. The molecule has 1 amide bonds. The highest BCUT2D eigenvalue weighted by atomic mass is 16.4. The van der Waals surface area contributed by atoms with Crippen LogP contribution in [0, 0.1) is 5.92 Å². The van der Waals surface area contributed by atoms with E-state index in [1.165, 1.54) is 18.4 Å². The minimum absolute atomic E-state index is 0.0769. The van der Waals surface area contributed by atoms with Crippen molar-refractivity contribution in [1.82, 2.24) is 4.90 Å². The number of carboxylic acids is 1. The summed E-state index contributed by atoms with van der Waals surface area (Å²) in [5, 5.41) is 8.51. The number of carbonyl (C=O) groups excluding carboxylic acids is 1. The topological polar surface area (TPSA) is 57.6 Å². The van der Waals surface area contributed by atoms with E-state index >= 15 is 0 Å². The van der Waals surface area contributed by atoms with Crippen LogP contribution in [0.4, 0.5) is 0 Å². The molecule has 0 aliphatic rings. The van der Waals surface area contributed by atoms with E-state index in [9.17, 15) is 9.59 Å². The first kappa shape index (κ1) is 14.9. The van der Waals surface area contributed by atoms with Crippen molar-refractivity contribution in [2.75, 3.05) is 13.6 Å². The molecule has 0 rings (SSSR count). The van der Waals surface area contributed by atoms with E-state index in [-0.39, 0.29) is 12.5 Å². The summed E-state index contributed by atoms with van der Waals surface area (Å²) in [6, 6.07) is 0. The molecule has 0 aromatic heterocycles. The van der Waals surface area contributed by atoms with Crippen molar-refractivity contribution in [2.45, 2.75) is 46.0 Å². The van der Waals surface area contributed by atoms with Crippen molar-refractivity contribution in [3.05, 3.63) is 0 Å². The van der Waals surface area contributed by atoms with Crippen molar-refractivity contribution in [3.63, 3.8) is 0 Å². The third-order valence-corrected chi connectivity index (χ3v) is 2.47. The Morgan fingerprint density at radius 1 is 1.19 bits per heavy atom. The van der Waals surface area contributed by atoms with Crippen molar-refractivity contribution < 1.29 is 14.7 Å². The molecule has 0 aliphatic heterocycles. The number of carboxylic acid groups (broad SMARTS) is 1. The molecule has 16 heavy (non-hydrogen) atoms. The van der Waals surface area contributed by atoms with Crippen molar-refractivity contribution in [1.29, 1.82) is 0 Å². The van der Waals surface area contributed by atoms with Crippen LogP contribution in [0.15, 0.2) is 0 Å². The van der Waals surface area contributed by atoms with Gasteiger partial charge in [0.2, 0.25) is 5.91 Å². The molecule has 0 bridgehead atoms. The highest BCUT2D eigenvalue weighted by Crippen LogP contribution is 2.09. The molecule has 1 N–H and O–H groups in total. The fraction of sp³-hybridized carbons (Fsp3) is 0.833. The summed E-state index contributed by atoms with van der Waals surface area (Å²) in [6.07, 6.45) is 4.70. The monoisotopic (exact) mass is 229 g/mol. The van der Waals surface area contributed by atoms with E-state index in [4.69, 9.17) is 5.11 Å². The fourth-order valence-corrected chi connectivity index (χ4v) is 1.49. The Hall–Kier alpha value is -1.06. The van der Waals surface area contributed by atoms with Crippen molar-refractivity contribution in [2.24, 2.45) is 5.92 Å². The van der Waals surface area contributed by atoms with Gasteiger partial charge in [-0.1, -0.05) is 33.1 Å². The predicted octanol–water partition coefficient (Wildman–Crippen LogP) is 2.14. The molecule has 0 radical (unpaired) electrons. The molecular weight excluding hydrogens is 206 g/mol. The van der Waals surface area contributed by atoms with Gasteiger partial charge in [0.15, 0.2) is 0 Å². The van der Waals surface area contributed by atoms with E-state index < -0.39 is 5.97 Å². The molecular formula is C12H23NO3. The summed E-state index contributed by atoms with van der Waals surface area (Å²) in [5.41, 5.74) is 0. The average Bonchev–Trinajstić information content (AvgIpc) is 2.15. The van der Waals surface area contributed by atoms with Gasteiger partial charge >= 0.3 is 5.97 Å². The smallest absolute Gasteiger partial charge is 0.323 e. The van der Waals surface area contributed by atoms with Gasteiger partial charge in [0, 0.05) is 13.5 Å². The van der Waals surface area contributed by atoms with Crippen LogP contribution >= 0.6 is 0 Å². The van der Waals surface area contributed by atoms with Gasteiger partial charge in [-0.25, -0.2) is 0 Å². The Morgan fingerprint density at radius 2 is 1.81 bits per heavy atom. The molecule has 0 atom stereocenters. The van der Waals surface area contributed by atoms with Gasteiger partial charge in [0.05, 0.1) is 0 Å². The quantitative estimate of drug-likeness (QED) is 0.649. The van der Waals surface area contributed by atoms with Crippen LogP contribution in [0.25, 0.3) is 0 Å². The lowest BCUT2D eigenvalue weighted by Crippen LogP contribution is -2.31. The molecule has 94 valence electrons. The van der Waals surface area contributed by atoms with Crippen LogP contribution in [0.5, 0.6) is 0 Å². The van der Waals surface area contributed by atoms with Crippen LogP contribution in [0.3, 0.4) is 0 Å². The molecule has 0 aliphatic carbocycles. The summed E-state index contributed by atoms with van der Waals surface area (Å²) in [6.45, 7) is 4.17. The van der Waals surface area contributed by atoms with Crippen molar-refractivity contribution in [3.8, 4) is 0 Å². The summed E-state index contributed by atoms with van der Waals surface area (Å²) in [7, 11) is 1.53. The lowest BCUT2D eigenvalue weighted by molar-refractivity contribution is -0.143. The zero-order valence-corrected chi connectivity index (χ0v) is 10.5. The zero-order chi connectivity index (χ0) is 12.6. The highest BCUT2D eigenvalue weighted by Gasteiger charge is 2.11. The summed E-state index contributed by atoms with van der Waals surface area (Å²) < 4.78 is 0. The Balaban J connectivity index is 3.53. The lowest BCUT2D eigenvalue weighted by Gasteiger charge is -2.14. The first-order valence-electron chi connectivity index (χ1n) is 5.89. The number of rotatable bonds is 8. The maximum atomic E-state index is 11.4. The van der Waals surface area contributed by atoms with Crippen LogP contribution in [-0.2, 0) is 9.59 Å². The standard InChI is InChI=1S/C12H23NO3/c1-10(2)7-5-4-6-8-11(14)13(3)9-12(15)16/h10H,4-9H2,1-3H3,(H,15,16). The minimum Gasteiger partial charge on any atom is -0.480 e. The molecule has 0 fully saturated rings. The third kappa shape index (κ3) is 8.26. The van der Waals surface area contributed by atoms with Gasteiger partial charge in [0.1, 0.15) is 6.54 Å². The second-order valence-electron chi connectivity index (χ2n) is 4.64. The molecule has 0 heterocycles. The third-order valence-electron chi connectivity index (χ3n) is 2.47.